The lowest BCUT2D eigenvalue weighted by molar-refractivity contribution is -0.142. The highest BCUT2D eigenvalue weighted by Gasteiger charge is 2.30. The Bertz CT molecular complexity index is 1130. The van der Waals surface area contributed by atoms with E-state index >= 15 is 0 Å². The number of carbonyl (C=O) groups excluding carboxylic acids is 2. The smallest absolute Gasteiger partial charge is 0.261 e. The van der Waals surface area contributed by atoms with E-state index in [1.54, 1.807) is 12.0 Å². The molecule has 0 bridgehead atoms. The van der Waals surface area contributed by atoms with Crippen LogP contribution >= 0.6 is 0 Å². The number of hydrogen-bond acceptors (Lipinski definition) is 4. The van der Waals surface area contributed by atoms with E-state index in [1.165, 1.54) is 5.56 Å². The third kappa shape index (κ3) is 8.67. The molecule has 0 heterocycles. The van der Waals surface area contributed by atoms with Gasteiger partial charge in [-0.2, -0.15) is 0 Å². The number of hydrogen-bond donors (Lipinski definition) is 1. The minimum absolute atomic E-state index is 0.168. The van der Waals surface area contributed by atoms with Gasteiger partial charge in [-0.1, -0.05) is 75.4 Å². The highest BCUT2D eigenvalue weighted by Crippen LogP contribution is 2.19. The van der Waals surface area contributed by atoms with Gasteiger partial charge in [0.2, 0.25) is 5.91 Å². The Balaban J connectivity index is 1.89. The van der Waals surface area contributed by atoms with Crippen LogP contribution in [0.2, 0.25) is 0 Å². The molecule has 1 atom stereocenters. The van der Waals surface area contributed by atoms with Crippen LogP contribution in [-0.2, 0) is 29.0 Å². The van der Waals surface area contributed by atoms with Crippen molar-refractivity contribution in [1.82, 2.24) is 10.2 Å². The zero-order chi connectivity index (χ0) is 26.6. The zero-order valence-electron chi connectivity index (χ0n) is 22.3. The summed E-state index contributed by atoms with van der Waals surface area (Å²) in [4.78, 5) is 28.8. The van der Waals surface area contributed by atoms with Crippen LogP contribution in [0.1, 0.15) is 37.5 Å². The number of aryl methyl sites for hydroxylation is 1. The molecular formula is C31H38N2O4. The molecule has 0 aliphatic rings. The van der Waals surface area contributed by atoms with Gasteiger partial charge < -0.3 is 19.7 Å². The molecule has 2 amide bonds. The first-order valence-electron chi connectivity index (χ1n) is 12.8. The fourth-order valence-corrected chi connectivity index (χ4v) is 3.99. The van der Waals surface area contributed by atoms with Gasteiger partial charge in [0.05, 0.1) is 7.11 Å². The lowest BCUT2D eigenvalue weighted by Gasteiger charge is -2.31. The second kappa shape index (κ2) is 14.1. The Morgan fingerprint density at radius 3 is 2.22 bits per heavy atom. The van der Waals surface area contributed by atoms with Gasteiger partial charge in [-0.05, 0) is 53.3 Å². The monoisotopic (exact) mass is 502 g/mol. The van der Waals surface area contributed by atoms with Gasteiger partial charge in [-0.15, -0.1) is 0 Å². The second-order valence-electron chi connectivity index (χ2n) is 9.50. The molecule has 0 aliphatic heterocycles. The van der Waals surface area contributed by atoms with E-state index in [0.717, 1.165) is 17.5 Å². The third-order valence-electron chi connectivity index (χ3n) is 6.14. The summed E-state index contributed by atoms with van der Waals surface area (Å²) in [6.07, 6.45) is 1.33. The average Bonchev–Trinajstić information content (AvgIpc) is 2.93. The predicted octanol–water partition coefficient (Wildman–Crippen LogP) is 5.05. The summed E-state index contributed by atoms with van der Waals surface area (Å²) in [5.41, 5.74) is 3.05. The largest absolute Gasteiger partial charge is 0.497 e. The zero-order valence-corrected chi connectivity index (χ0v) is 22.3. The summed E-state index contributed by atoms with van der Waals surface area (Å²) >= 11 is 0. The summed E-state index contributed by atoms with van der Waals surface area (Å²) in [7, 11) is 1.61. The van der Waals surface area contributed by atoms with E-state index < -0.39 is 6.04 Å². The summed E-state index contributed by atoms with van der Waals surface area (Å²) in [6.45, 7) is 6.80. The SMILES string of the molecule is CCc1ccc(OCC(=O)N(Cc2cccc(OC)c2)C(Cc2ccccc2)C(=O)NCC(C)C)cc1. The molecule has 1 unspecified atom stereocenters. The average molecular weight is 503 g/mol. The van der Waals surface area contributed by atoms with Crippen molar-refractivity contribution in [2.45, 2.75) is 46.2 Å². The molecule has 0 saturated heterocycles. The minimum Gasteiger partial charge on any atom is -0.497 e. The lowest BCUT2D eigenvalue weighted by atomic mass is 10.0. The Morgan fingerprint density at radius 1 is 0.865 bits per heavy atom. The fraction of sp³-hybridized carbons (Fsp3) is 0.355. The molecule has 3 rings (SSSR count). The summed E-state index contributed by atoms with van der Waals surface area (Å²) < 4.78 is 11.2. The molecule has 1 N–H and O–H groups in total. The maximum absolute atomic E-state index is 13.7. The van der Waals surface area contributed by atoms with Gasteiger partial charge in [0.25, 0.3) is 5.91 Å². The summed E-state index contributed by atoms with van der Waals surface area (Å²) in [5, 5.41) is 3.03. The van der Waals surface area contributed by atoms with Crippen LogP contribution in [0.25, 0.3) is 0 Å². The van der Waals surface area contributed by atoms with Crippen LogP contribution in [-0.4, -0.2) is 43.0 Å². The highest BCUT2D eigenvalue weighted by atomic mass is 16.5. The van der Waals surface area contributed by atoms with Crippen LogP contribution in [0.5, 0.6) is 11.5 Å². The van der Waals surface area contributed by atoms with Crippen molar-refractivity contribution in [2.75, 3.05) is 20.3 Å². The quantitative estimate of drug-likeness (QED) is 0.355. The van der Waals surface area contributed by atoms with Gasteiger partial charge in [0, 0.05) is 19.5 Å². The molecule has 0 radical (unpaired) electrons. The standard InChI is InChI=1S/C31H38N2O4/c1-5-24-14-16-27(17-15-24)37-22-30(34)33(21-26-12-9-13-28(18-26)36-4)29(31(35)32-20-23(2)3)19-25-10-7-6-8-11-25/h6-18,23,29H,5,19-22H2,1-4H3,(H,32,35). The van der Waals surface area contributed by atoms with Crippen molar-refractivity contribution in [3.8, 4) is 11.5 Å². The normalized spacial score (nSPS) is 11.6. The van der Waals surface area contributed by atoms with Crippen molar-refractivity contribution in [3.05, 3.63) is 95.6 Å². The molecule has 0 aliphatic carbocycles. The van der Waals surface area contributed by atoms with Crippen molar-refractivity contribution >= 4 is 11.8 Å². The third-order valence-corrected chi connectivity index (χ3v) is 6.14. The maximum atomic E-state index is 13.7. The van der Waals surface area contributed by atoms with E-state index in [0.29, 0.717) is 30.4 Å². The molecular weight excluding hydrogens is 464 g/mol. The summed E-state index contributed by atoms with van der Waals surface area (Å²) in [5.74, 6) is 1.17. The lowest BCUT2D eigenvalue weighted by Crippen LogP contribution is -2.52. The number of nitrogens with zero attached hydrogens (tertiary/aromatic N) is 1. The van der Waals surface area contributed by atoms with E-state index in [-0.39, 0.29) is 25.0 Å². The predicted molar refractivity (Wildman–Crippen MR) is 147 cm³/mol. The Labute approximate surface area is 220 Å². The molecule has 6 heteroatoms. The Morgan fingerprint density at radius 2 is 1.57 bits per heavy atom. The highest BCUT2D eigenvalue weighted by molar-refractivity contribution is 5.88. The Kier molecular flexibility index (Phi) is 10.6. The number of nitrogens with one attached hydrogen (secondary N) is 1. The molecule has 0 fully saturated rings. The molecule has 0 saturated carbocycles. The second-order valence-corrected chi connectivity index (χ2v) is 9.50. The number of benzene rings is 3. The summed E-state index contributed by atoms with van der Waals surface area (Å²) in [6, 6.07) is 24.3. The number of carbonyl (C=O) groups is 2. The van der Waals surface area contributed by atoms with Crippen molar-refractivity contribution in [3.63, 3.8) is 0 Å². The van der Waals surface area contributed by atoms with Crippen molar-refractivity contribution in [2.24, 2.45) is 5.92 Å². The minimum atomic E-state index is -0.703. The van der Waals surface area contributed by atoms with Crippen molar-refractivity contribution < 1.29 is 19.1 Å². The van der Waals surface area contributed by atoms with Crippen LogP contribution < -0.4 is 14.8 Å². The van der Waals surface area contributed by atoms with Crippen LogP contribution in [0.15, 0.2) is 78.9 Å². The molecule has 6 nitrogen and oxygen atoms in total. The first-order valence-corrected chi connectivity index (χ1v) is 12.8. The van der Waals surface area contributed by atoms with Gasteiger partial charge in [-0.3, -0.25) is 9.59 Å². The number of amides is 2. The van der Waals surface area contributed by atoms with Crippen molar-refractivity contribution in [1.29, 1.82) is 0 Å². The molecule has 196 valence electrons. The van der Waals surface area contributed by atoms with Crippen LogP contribution in [0, 0.1) is 5.92 Å². The molecule has 3 aromatic carbocycles. The first-order chi connectivity index (χ1) is 17.9. The molecule has 0 spiro atoms. The van der Waals surface area contributed by atoms with Gasteiger partial charge >= 0.3 is 0 Å². The molecule has 0 aromatic heterocycles. The van der Waals surface area contributed by atoms with E-state index in [4.69, 9.17) is 9.47 Å². The van der Waals surface area contributed by atoms with E-state index in [9.17, 15) is 9.59 Å². The topological polar surface area (TPSA) is 67.9 Å². The van der Waals surface area contributed by atoms with E-state index in [2.05, 4.69) is 12.2 Å². The van der Waals surface area contributed by atoms with Gasteiger partial charge in [0.15, 0.2) is 6.61 Å². The first kappa shape index (κ1) is 27.8. The van der Waals surface area contributed by atoms with Crippen LogP contribution in [0.4, 0.5) is 0 Å². The molecule has 37 heavy (non-hydrogen) atoms. The van der Waals surface area contributed by atoms with Gasteiger partial charge in [0.1, 0.15) is 17.5 Å². The Hall–Kier alpha value is -3.80. The number of rotatable bonds is 13. The maximum Gasteiger partial charge on any atom is 0.261 e. The van der Waals surface area contributed by atoms with Crippen LogP contribution in [0.3, 0.4) is 0 Å². The van der Waals surface area contributed by atoms with E-state index in [1.807, 2.05) is 92.7 Å². The van der Waals surface area contributed by atoms with Gasteiger partial charge in [-0.25, -0.2) is 0 Å². The number of methoxy groups -OCH3 is 1. The fourth-order valence-electron chi connectivity index (χ4n) is 3.99. The number of ether oxygens (including phenoxy) is 2. The molecule has 3 aromatic rings.